The highest BCUT2D eigenvalue weighted by Crippen LogP contribution is 2.27. The number of aromatic nitrogens is 5. The number of anilines is 2. The first-order valence-corrected chi connectivity index (χ1v) is 9.08. The molecule has 11 heteroatoms. The van der Waals surface area contributed by atoms with E-state index in [-0.39, 0.29) is 23.2 Å². The van der Waals surface area contributed by atoms with Gasteiger partial charge in [0, 0.05) is 25.2 Å². The standard InChI is InChI=1S/C18H18N8O3/c27-18(23-14-5-1-2-6-15(14)26(28)29)13-4-3-7-24(9-13)16-8-17(21-11-20-16)25-12-19-10-22-25/h1-2,5-6,8,10-13H,3-4,7,9H2,(H,23,27). The van der Waals surface area contributed by atoms with Crippen molar-refractivity contribution < 1.29 is 9.72 Å². The predicted molar refractivity (Wildman–Crippen MR) is 104 cm³/mol. The minimum Gasteiger partial charge on any atom is -0.356 e. The average Bonchev–Trinajstić information content (AvgIpc) is 3.29. The van der Waals surface area contributed by atoms with E-state index in [1.807, 2.05) is 4.90 Å². The molecule has 3 aromatic rings. The van der Waals surface area contributed by atoms with Gasteiger partial charge >= 0.3 is 0 Å². The van der Waals surface area contributed by atoms with Gasteiger partial charge in [0.1, 0.15) is 30.5 Å². The van der Waals surface area contributed by atoms with Gasteiger partial charge in [-0.2, -0.15) is 5.10 Å². The molecule has 0 aliphatic carbocycles. The third kappa shape index (κ3) is 4.03. The van der Waals surface area contributed by atoms with Crippen LogP contribution in [0, 0.1) is 16.0 Å². The highest BCUT2D eigenvalue weighted by Gasteiger charge is 2.28. The molecule has 0 saturated carbocycles. The SMILES string of the molecule is O=C(Nc1ccccc1[N+](=O)[O-])C1CCCN(c2cc(-n3cncn3)ncn2)C1. The summed E-state index contributed by atoms with van der Waals surface area (Å²) < 4.78 is 1.54. The van der Waals surface area contributed by atoms with E-state index in [1.165, 1.54) is 29.5 Å². The largest absolute Gasteiger partial charge is 0.356 e. The molecule has 3 heterocycles. The Bertz CT molecular complexity index is 1020. The molecule has 1 amide bonds. The second-order valence-electron chi connectivity index (χ2n) is 6.62. The van der Waals surface area contributed by atoms with Crippen LogP contribution in [0.5, 0.6) is 0 Å². The van der Waals surface area contributed by atoms with Crippen LogP contribution >= 0.6 is 0 Å². The van der Waals surface area contributed by atoms with E-state index < -0.39 is 4.92 Å². The minimum atomic E-state index is -0.505. The first-order valence-electron chi connectivity index (χ1n) is 9.08. The van der Waals surface area contributed by atoms with Crippen LogP contribution in [-0.4, -0.2) is 48.7 Å². The molecule has 1 fully saturated rings. The van der Waals surface area contributed by atoms with Crippen LogP contribution in [0.3, 0.4) is 0 Å². The van der Waals surface area contributed by atoms with Crippen molar-refractivity contribution in [3.05, 3.63) is 59.4 Å². The molecule has 1 atom stereocenters. The molecular weight excluding hydrogens is 376 g/mol. The van der Waals surface area contributed by atoms with Gasteiger partial charge in [-0.25, -0.2) is 19.6 Å². The van der Waals surface area contributed by atoms with E-state index in [2.05, 4.69) is 25.4 Å². The lowest BCUT2D eigenvalue weighted by atomic mass is 9.97. The topological polar surface area (TPSA) is 132 Å². The molecule has 0 bridgehead atoms. The Hall–Kier alpha value is -3.89. The Morgan fingerprint density at radius 2 is 2.03 bits per heavy atom. The lowest BCUT2D eigenvalue weighted by molar-refractivity contribution is -0.383. The normalized spacial score (nSPS) is 16.4. The Morgan fingerprint density at radius 1 is 1.21 bits per heavy atom. The van der Waals surface area contributed by atoms with Gasteiger partial charge in [0.05, 0.1) is 10.8 Å². The molecule has 1 aliphatic heterocycles. The van der Waals surface area contributed by atoms with Crippen molar-refractivity contribution in [1.82, 2.24) is 24.7 Å². The van der Waals surface area contributed by atoms with Crippen molar-refractivity contribution in [3.8, 4) is 5.82 Å². The molecule has 1 unspecified atom stereocenters. The summed E-state index contributed by atoms with van der Waals surface area (Å²) in [5.74, 6) is 0.718. The summed E-state index contributed by atoms with van der Waals surface area (Å²) >= 11 is 0. The van der Waals surface area contributed by atoms with Crippen LogP contribution < -0.4 is 10.2 Å². The molecule has 11 nitrogen and oxygen atoms in total. The summed E-state index contributed by atoms with van der Waals surface area (Å²) in [4.78, 5) is 37.9. The van der Waals surface area contributed by atoms with Crippen LogP contribution in [0.25, 0.3) is 5.82 Å². The van der Waals surface area contributed by atoms with Crippen LogP contribution in [0.1, 0.15) is 12.8 Å². The Morgan fingerprint density at radius 3 is 2.83 bits per heavy atom. The van der Waals surface area contributed by atoms with Crippen LogP contribution in [0.4, 0.5) is 17.2 Å². The zero-order chi connectivity index (χ0) is 20.2. The third-order valence-corrected chi connectivity index (χ3v) is 4.77. The molecule has 1 saturated heterocycles. The molecular formula is C18H18N8O3. The number of piperidine rings is 1. The number of rotatable bonds is 5. The number of para-hydroxylation sites is 2. The number of nitro benzene ring substituents is 1. The van der Waals surface area contributed by atoms with Gasteiger partial charge in [0.15, 0.2) is 5.82 Å². The molecule has 4 rings (SSSR count). The second kappa shape index (κ2) is 8.00. The average molecular weight is 394 g/mol. The molecule has 2 aromatic heterocycles. The maximum Gasteiger partial charge on any atom is 0.292 e. The smallest absolute Gasteiger partial charge is 0.292 e. The number of nitrogens with zero attached hydrogens (tertiary/aromatic N) is 7. The Kier molecular flexibility index (Phi) is 5.10. The summed E-state index contributed by atoms with van der Waals surface area (Å²) in [7, 11) is 0. The fourth-order valence-electron chi connectivity index (χ4n) is 3.33. The molecule has 1 aliphatic rings. The fraction of sp³-hybridized carbons (Fsp3) is 0.278. The van der Waals surface area contributed by atoms with Crippen molar-refractivity contribution in [1.29, 1.82) is 0 Å². The predicted octanol–water partition coefficient (Wildman–Crippen LogP) is 1.82. The van der Waals surface area contributed by atoms with Crippen molar-refractivity contribution in [2.24, 2.45) is 5.92 Å². The number of amides is 1. The van der Waals surface area contributed by atoms with Gasteiger partial charge in [-0.1, -0.05) is 12.1 Å². The third-order valence-electron chi connectivity index (χ3n) is 4.77. The molecule has 29 heavy (non-hydrogen) atoms. The monoisotopic (exact) mass is 394 g/mol. The second-order valence-corrected chi connectivity index (χ2v) is 6.62. The quantitative estimate of drug-likeness (QED) is 0.512. The van der Waals surface area contributed by atoms with E-state index in [0.29, 0.717) is 24.6 Å². The molecule has 1 N–H and O–H groups in total. The van der Waals surface area contributed by atoms with Crippen molar-refractivity contribution in [2.45, 2.75) is 12.8 Å². The molecule has 148 valence electrons. The van der Waals surface area contributed by atoms with Gasteiger partial charge in [-0.15, -0.1) is 0 Å². The summed E-state index contributed by atoms with van der Waals surface area (Å²) in [6.45, 7) is 1.21. The van der Waals surface area contributed by atoms with Crippen LogP contribution in [0.15, 0.2) is 49.3 Å². The lowest BCUT2D eigenvalue weighted by Crippen LogP contribution is -2.41. The summed E-state index contributed by atoms with van der Waals surface area (Å²) in [5, 5.41) is 17.9. The van der Waals surface area contributed by atoms with Gasteiger partial charge < -0.3 is 10.2 Å². The molecule has 0 spiro atoms. The maximum absolute atomic E-state index is 12.8. The Balaban J connectivity index is 1.48. The fourth-order valence-corrected chi connectivity index (χ4v) is 3.33. The summed E-state index contributed by atoms with van der Waals surface area (Å²) in [6.07, 6.45) is 5.92. The van der Waals surface area contributed by atoms with E-state index in [4.69, 9.17) is 0 Å². The number of nitro groups is 1. The zero-order valence-corrected chi connectivity index (χ0v) is 15.4. The van der Waals surface area contributed by atoms with E-state index in [0.717, 1.165) is 13.0 Å². The highest BCUT2D eigenvalue weighted by molar-refractivity contribution is 5.95. The molecule has 0 radical (unpaired) electrons. The van der Waals surface area contributed by atoms with Crippen molar-refractivity contribution in [3.63, 3.8) is 0 Å². The van der Waals surface area contributed by atoms with E-state index >= 15 is 0 Å². The van der Waals surface area contributed by atoms with Gasteiger partial charge in [-0.3, -0.25) is 14.9 Å². The number of carbonyl (C=O) groups is 1. The number of carbonyl (C=O) groups excluding carboxylic acids is 1. The lowest BCUT2D eigenvalue weighted by Gasteiger charge is -2.32. The summed E-state index contributed by atoms with van der Waals surface area (Å²) in [5.41, 5.74) is 0.0805. The van der Waals surface area contributed by atoms with Crippen molar-refractivity contribution >= 4 is 23.1 Å². The zero-order valence-electron chi connectivity index (χ0n) is 15.4. The first kappa shape index (κ1) is 18.5. The number of benzene rings is 1. The van der Waals surface area contributed by atoms with Gasteiger partial charge in [0.2, 0.25) is 5.91 Å². The maximum atomic E-state index is 12.8. The van der Waals surface area contributed by atoms with Gasteiger partial charge in [-0.05, 0) is 18.9 Å². The first-order chi connectivity index (χ1) is 14.1. The van der Waals surface area contributed by atoms with E-state index in [1.54, 1.807) is 24.5 Å². The van der Waals surface area contributed by atoms with Crippen LogP contribution in [0.2, 0.25) is 0 Å². The summed E-state index contributed by atoms with van der Waals surface area (Å²) in [6, 6.07) is 7.91. The Labute approximate surface area is 165 Å². The van der Waals surface area contributed by atoms with Crippen LogP contribution in [-0.2, 0) is 4.79 Å². The number of hydrogen-bond acceptors (Lipinski definition) is 8. The van der Waals surface area contributed by atoms with Crippen molar-refractivity contribution in [2.75, 3.05) is 23.3 Å². The number of hydrogen-bond donors (Lipinski definition) is 1. The van der Waals surface area contributed by atoms with Gasteiger partial charge in [0.25, 0.3) is 5.69 Å². The van der Waals surface area contributed by atoms with E-state index in [9.17, 15) is 14.9 Å². The minimum absolute atomic E-state index is 0.123. The molecule has 1 aromatic carbocycles. The number of nitrogens with one attached hydrogen (secondary N) is 1. The highest BCUT2D eigenvalue weighted by atomic mass is 16.6.